The van der Waals surface area contributed by atoms with Gasteiger partial charge < -0.3 is 5.32 Å². The van der Waals surface area contributed by atoms with E-state index in [0.717, 1.165) is 23.1 Å². The molecule has 0 bridgehead atoms. The molecule has 1 amide bonds. The Balaban J connectivity index is 1.54. The van der Waals surface area contributed by atoms with Gasteiger partial charge in [-0.1, -0.05) is 86.0 Å². The molecule has 0 radical (unpaired) electrons. The van der Waals surface area contributed by atoms with Crippen LogP contribution in [0.15, 0.2) is 72.8 Å². The summed E-state index contributed by atoms with van der Waals surface area (Å²) in [5.41, 5.74) is 6.71. The van der Waals surface area contributed by atoms with Gasteiger partial charge in [0.2, 0.25) is 0 Å². The first-order chi connectivity index (χ1) is 13.7. The fourth-order valence-electron chi connectivity index (χ4n) is 3.25. The third-order valence-electron chi connectivity index (χ3n) is 5.08. The third-order valence-corrected chi connectivity index (χ3v) is 5.08. The van der Waals surface area contributed by atoms with Crippen LogP contribution in [0.1, 0.15) is 53.2 Å². The highest BCUT2D eigenvalue weighted by atomic mass is 16.1. The Labute approximate surface area is 168 Å². The summed E-state index contributed by atoms with van der Waals surface area (Å²) < 4.78 is 0. The summed E-state index contributed by atoms with van der Waals surface area (Å²) in [6.45, 7) is 4.85. The van der Waals surface area contributed by atoms with E-state index in [-0.39, 0.29) is 5.91 Å². The number of benzene rings is 3. The van der Waals surface area contributed by atoms with Gasteiger partial charge in [0.1, 0.15) is 0 Å². The van der Waals surface area contributed by atoms with Gasteiger partial charge in [0.15, 0.2) is 0 Å². The number of amides is 1. The Hall–Kier alpha value is -2.87. The van der Waals surface area contributed by atoms with Crippen LogP contribution in [0.4, 0.5) is 0 Å². The van der Waals surface area contributed by atoms with Gasteiger partial charge in [-0.2, -0.15) is 0 Å². The van der Waals surface area contributed by atoms with Crippen LogP contribution in [0.3, 0.4) is 0 Å². The van der Waals surface area contributed by atoms with Gasteiger partial charge in [0.05, 0.1) is 0 Å². The lowest BCUT2D eigenvalue weighted by Crippen LogP contribution is -2.22. The van der Waals surface area contributed by atoms with Crippen molar-refractivity contribution in [3.8, 4) is 11.1 Å². The molecule has 144 valence electrons. The highest BCUT2D eigenvalue weighted by Crippen LogP contribution is 2.20. The minimum atomic E-state index is -0.0394. The van der Waals surface area contributed by atoms with E-state index < -0.39 is 0 Å². The molecule has 0 atom stereocenters. The number of rotatable bonds is 8. The summed E-state index contributed by atoms with van der Waals surface area (Å²) in [4.78, 5) is 12.4. The highest BCUT2D eigenvalue weighted by Gasteiger charge is 2.06. The molecule has 0 aliphatic rings. The minimum Gasteiger partial charge on any atom is -0.348 e. The predicted molar refractivity (Wildman–Crippen MR) is 117 cm³/mol. The monoisotopic (exact) mass is 371 g/mol. The van der Waals surface area contributed by atoms with Crippen LogP contribution >= 0.6 is 0 Å². The van der Waals surface area contributed by atoms with E-state index in [1.807, 2.05) is 24.3 Å². The predicted octanol–water partition coefficient (Wildman–Crippen LogP) is 6.32. The van der Waals surface area contributed by atoms with Gasteiger partial charge in [0.25, 0.3) is 5.91 Å². The first-order valence-electron chi connectivity index (χ1n) is 10.2. The van der Waals surface area contributed by atoms with Crippen LogP contribution < -0.4 is 5.32 Å². The summed E-state index contributed by atoms with van der Waals surface area (Å²) in [6, 6.07) is 24.8. The molecule has 1 N–H and O–H groups in total. The zero-order valence-electron chi connectivity index (χ0n) is 16.9. The van der Waals surface area contributed by atoms with Crippen molar-refractivity contribution >= 4 is 5.91 Å². The van der Waals surface area contributed by atoms with E-state index >= 15 is 0 Å². The SMILES string of the molecule is CCCCCc1ccc(CNC(=O)c2ccc(-c3ccc(C)cc3)cc2)cc1. The quantitative estimate of drug-likeness (QED) is 0.461. The van der Waals surface area contributed by atoms with E-state index in [4.69, 9.17) is 0 Å². The van der Waals surface area contributed by atoms with Crippen LogP contribution in [-0.2, 0) is 13.0 Å². The number of carbonyl (C=O) groups is 1. The van der Waals surface area contributed by atoms with Gasteiger partial charge in [0, 0.05) is 12.1 Å². The molecule has 2 nitrogen and oxygen atoms in total. The molecule has 0 spiro atoms. The second-order valence-corrected chi connectivity index (χ2v) is 7.40. The van der Waals surface area contributed by atoms with Crippen molar-refractivity contribution in [3.05, 3.63) is 95.1 Å². The highest BCUT2D eigenvalue weighted by molar-refractivity contribution is 5.94. The van der Waals surface area contributed by atoms with Crippen LogP contribution in [0.25, 0.3) is 11.1 Å². The largest absolute Gasteiger partial charge is 0.348 e. The second-order valence-electron chi connectivity index (χ2n) is 7.40. The second kappa shape index (κ2) is 9.89. The fourth-order valence-corrected chi connectivity index (χ4v) is 3.25. The Morgan fingerprint density at radius 1 is 0.750 bits per heavy atom. The Morgan fingerprint density at radius 3 is 1.93 bits per heavy atom. The molecular weight excluding hydrogens is 342 g/mol. The third kappa shape index (κ3) is 5.56. The van der Waals surface area contributed by atoms with Crippen LogP contribution in [-0.4, -0.2) is 5.91 Å². The number of hydrogen-bond acceptors (Lipinski definition) is 1. The van der Waals surface area contributed by atoms with E-state index in [0.29, 0.717) is 12.1 Å². The van der Waals surface area contributed by atoms with Crippen LogP contribution in [0.2, 0.25) is 0 Å². The van der Waals surface area contributed by atoms with Crippen molar-refractivity contribution in [2.45, 2.75) is 46.1 Å². The molecule has 2 heteroatoms. The van der Waals surface area contributed by atoms with Gasteiger partial charge in [-0.15, -0.1) is 0 Å². The maximum absolute atomic E-state index is 12.4. The lowest BCUT2D eigenvalue weighted by Gasteiger charge is -2.08. The van der Waals surface area contributed by atoms with Crippen LogP contribution in [0, 0.1) is 6.92 Å². The van der Waals surface area contributed by atoms with E-state index in [1.54, 1.807) is 0 Å². The first kappa shape index (κ1) is 19.9. The van der Waals surface area contributed by atoms with Crippen molar-refractivity contribution in [2.75, 3.05) is 0 Å². The molecule has 0 fully saturated rings. The molecular formula is C26H29NO. The lowest BCUT2D eigenvalue weighted by atomic mass is 10.0. The molecule has 3 aromatic carbocycles. The van der Waals surface area contributed by atoms with Gasteiger partial charge in [-0.25, -0.2) is 0 Å². The lowest BCUT2D eigenvalue weighted by molar-refractivity contribution is 0.0951. The van der Waals surface area contributed by atoms with Crippen molar-refractivity contribution in [1.29, 1.82) is 0 Å². The molecule has 0 unspecified atom stereocenters. The minimum absolute atomic E-state index is 0.0394. The fraction of sp³-hybridized carbons (Fsp3) is 0.269. The molecule has 28 heavy (non-hydrogen) atoms. The summed E-state index contributed by atoms with van der Waals surface area (Å²) in [7, 11) is 0. The molecule has 0 heterocycles. The maximum Gasteiger partial charge on any atom is 0.251 e. The number of aryl methyl sites for hydroxylation is 2. The average molecular weight is 372 g/mol. The Kier molecular flexibility index (Phi) is 7.02. The summed E-state index contributed by atoms with van der Waals surface area (Å²) in [6.07, 6.45) is 4.90. The standard InChI is InChI=1S/C26H29NO/c1-3-4-5-6-21-9-11-22(12-10-21)19-27-26(28)25-17-15-24(16-18-25)23-13-7-20(2)8-14-23/h7-18H,3-6,19H2,1-2H3,(H,27,28). The smallest absolute Gasteiger partial charge is 0.251 e. The van der Waals surface area contributed by atoms with Crippen molar-refractivity contribution in [1.82, 2.24) is 5.32 Å². The normalized spacial score (nSPS) is 10.6. The van der Waals surface area contributed by atoms with Crippen LogP contribution in [0.5, 0.6) is 0 Å². The molecule has 0 saturated heterocycles. The number of carbonyl (C=O) groups excluding carboxylic acids is 1. The number of hydrogen-bond donors (Lipinski definition) is 1. The summed E-state index contributed by atoms with van der Waals surface area (Å²) in [5, 5.41) is 3.01. The molecule has 0 aromatic heterocycles. The van der Waals surface area contributed by atoms with Gasteiger partial charge >= 0.3 is 0 Å². The van der Waals surface area contributed by atoms with E-state index in [1.165, 1.54) is 30.4 Å². The van der Waals surface area contributed by atoms with E-state index in [2.05, 4.69) is 67.7 Å². The summed E-state index contributed by atoms with van der Waals surface area (Å²) in [5.74, 6) is -0.0394. The Bertz CT molecular complexity index is 877. The topological polar surface area (TPSA) is 29.1 Å². The molecule has 3 aromatic rings. The molecule has 0 saturated carbocycles. The summed E-state index contributed by atoms with van der Waals surface area (Å²) >= 11 is 0. The Morgan fingerprint density at radius 2 is 1.32 bits per heavy atom. The number of unbranched alkanes of at least 4 members (excludes halogenated alkanes) is 2. The first-order valence-corrected chi connectivity index (χ1v) is 10.2. The molecule has 3 rings (SSSR count). The van der Waals surface area contributed by atoms with Gasteiger partial charge in [-0.05, 0) is 54.2 Å². The van der Waals surface area contributed by atoms with Crippen molar-refractivity contribution in [2.24, 2.45) is 0 Å². The molecule has 0 aliphatic carbocycles. The van der Waals surface area contributed by atoms with E-state index in [9.17, 15) is 4.79 Å². The van der Waals surface area contributed by atoms with Crippen molar-refractivity contribution < 1.29 is 4.79 Å². The average Bonchev–Trinajstić information content (AvgIpc) is 2.74. The van der Waals surface area contributed by atoms with Gasteiger partial charge in [-0.3, -0.25) is 4.79 Å². The molecule has 0 aliphatic heterocycles. The zero-order valence-corrected chi connectivity index (χ0v) is 16.9. The number of nitrogens with one attached hydrogen (secondary N) is 1. The zero-order chi connectivity index (χ0) is 19.8. The maximum atomic E-state index is 12.4. The van der Waals surface area contributed by atoms with Crippen molar-refractivity contribution in [3.63, 3.8) is 0 Å².